The molecule has 0 aromatic heterocycles. The van der Waals surface area contributed by atoms with E-state index in [0.29, 0.717) is 11.1 Å². The molecule has 0 aliphatic carbocycles. The molecule has 19 heavy (non-hydrogen) atoms. The molecule has 0 amide bonds. The molecular formula is C16H16F2O. The second kappa shape index (κ2) is 5.10. The standard InChI is InChI=1S/C16H16F2O/c1-9-4-5-12(10(2)6-9)16(19)13-7-11(3)14(17)8-15(13)18/h4-8,16,19H,1-3H3. The van der Waals surface area contributed by atoms with Gasteiger partial charge in [-0.25, -0.2) is 8.78 Å². The summed E-state index contributed by atoms with van der Waals surface area (Å²) in [7, 11) is 0. The van der Waals surface area contributed by atoms with Gasteiger partial charge in [0, 0.05) is 11.6 Å². The summed E-state index contributed by atoms with van der Waals surface area (Å²) in [5.41, 5.74) is 3.01. The van der Waals surface area contributed by atoms with Crippen LogP contribution in [0.2, 0.25) is 0 Å². The maximum Gasteiger partial charge on any atom is 0.132 e. The summed E-state index contributed by atoms with van der Waals surface area (Å²) in [5, 5.41) is 10.3. The number of aryl methyl sites for hydroxylation is 3. The maximum atomic E-state index is 13.8. The van der Waals surface area contributed by atoms with Crippen molar-refractivity contribution in [2.75, 3.05) is 0 Å². The first kappa shape index (κ1) is 13.7. The fourth-order valence-corrected chi connectivity index (χ4v) is 2.19. The van der Waals surface area contributed by atoms with Crippen molar-refractivity contribution in [2.45, 2.75) is 26.9 Å². The van der Waals surface area contributed by atoms with E-state index in [9.17, 15) is 13.9 Å². The van der Waals surface area contributed by atoms with Crippen molar-refractivity contribution in [3.63, 3.8) is 0 Å². The molecule has 1 atom stereocenters. The van der Waals surface area contributed by atoms with Gasteiger partial charge < -0.3 is 5.11 Å². The van der Waals surface area contributed by atoms with E-state index in [1.54, 1.807) is 13.0 Å². The highest BCUT2D eigenvalue weighted by Crippen LogP contribution is 2.28. The van der Waals surface area contributed by atoms with Gasteiger partial charge in [0.05, 0.1) is 0 Å². The molecule has 0 bridgehead atoms. The molecule has 0 heterocycles. The van der Waals surface area contributed by atoms with Gasteiger partial charge in [-0.1, -0.05) is 23.8 Å². The largest absolute Gasteiger partial charge is 0.384 e. The van der Waals surface area contributed by atoms with E-state index in [-0.39, 0.29) is 5.56 Å². The highest BCUT2D eigenvalue weighted by Gasteiger charge is 2.18. The Labute approximate surface area is 111 Å². The lowest BCUT2D eigenvalue weighted by Crippen LogP contribution is -2.06. The molecule has 2 aromatic carbocycles. The maximum absolute atomic E-state index is 13.8. The average Bonchev–Trinajstić information content (AvgIpc) is 2.33. The van der Waals surface area contributed by atoms with Crippen molar-refractivity contribution >= 4 is 0 Å². The second-order valence-electron chi connectivity index (χ2n) is 4.89. The fraction of sp³-hybridized carbons (Fsp3) is 0.250. The van der Waals surface area contributed by atoms with Crippen LogP contribution in [0.3, 0.4) is 0 Å². The minimum absolute atomic E-state index is 0.103. The van der Waals surface area contributed by atoms with Crippen molar-refractivity contribution in [1.29, 1.82) is 0 Å². The summed E-state index contributed by atoms with van der Waals surface area (Å²) in [6.07, 6.45) is -1.08. The van der Waals surface area contributed by atoms with E-state index in [4.69, 9.17) is 0 Å². The van der Waals surface area contributed by atoms with Crippen molar-refractivity contribution in [2.24, 2.45) is 0 Å². The van der Waals surface area contributed by atoms with Crippen molar-refractivity contribution in [3.05, 3.63) is 69.8 Å². The van der Waals surface area contributed by atoms with Crippen LogP contribution in [0.5, 0.6) is 0 Å². The lowest BCUT2D eigenvalue weighted by molar-refractivity contribution is 0.214. The van der Waals surface area contributed by atoms with Crippen LogP contribution in [0.1, 0.15) is 33.9 Å². The zero-order chi connectivity index (χ0) is 14.2. The smallest absolute Gasteiger partial charge is 0.132 e. The Hall–Kier alpha value is -1.74. The van der Waals surface area contributed by atoms with Crippen LogP contribution in [0, 0.1) is 32.4 Å². The molecule has 2 aromatic rings. The summed E-state index contributed by atoms with van der Waals surface area (Å²) < 4.78 is 27.0. The molecule has 2 rings (SSSR count). The first-order valence-corrected chi connectivity index (χ1v) is 6.11. The fourth-order valence-electron chi connectivity index (χ4n) is 2.19. The number of aliphatic hydroxyl groups excluding tert-OH is 1. The second-order valence-corrected chi connectivity index (χ2v) is 4.89. The number of hydrogen-bond acceptors (Lipinski definition) is 1. The average molecular weight is 262 g/mol. The zero-order valence-corrected chi connectivity index (χ0v) is 11.2. The van der Waals surface area contributed by atoms with E-state index >= 15 is 0 Å². The summed E-state index contributed by atoms with van der Waals surface area (Å²) in [4.78, 5) is 0. The van der Waals surface area contributed by atoms with Crippen LogP contribution in [0.15, 0.2) is 30.3 Å². The van der Waals surface area contributed by atoms with Crippen LogP contribution >= 0.6 is 0 Å². The Morgan fingerprint density at radius 1 is 0.842 bits per heavy atom. The van der Waals surface area contributed by atoms with Crippen LogP contribution < -0.4 is 0 Å². The number of halogens is 2. The van der Waals surface area contributed by atoms with Crippen LogP contribution in [-0.2, 0) is 0 Å². The molecule has 0 radical (unpaired) electrons. The van der Waals surface area contributed by atoms with Gasteiger partial charge in [0.15, 0.2) is 0 Å². The Morgan fingerprint density at radius 3 is 2.16 bits per heavy atom. The van der Waals surface area contributed by atoms with E-state index in [1.807, 2.05) is 26.0 Å². The molecule has 1 unspecified atom stereocenters. The number of hydrogen-bond donors (Lipinski definition) is 1. The number of benzene rings is 2. The molecular weight excluding hydrogens is 246 g/mol. The van der Waals surface area contributed by atoms with Gasteiger partial charge >= 0.3 is 0 Å². The van der Waals surface area contributed by atoms with Crippen LogP contribution in [0.4, 0.5) is 8.78 Å². The number of rotatable bonds is 2. The normalized spacial score (nSPS) is 12.5. The first-order valence-electron chi connectivity index (χ1n) is 6.11. The highest BCUT2D eigenvalue weighted by molar-refractivity contribution is 5.39. The molecule has 1 nitrogen and oxygen atoms in total. The van der Waals surface area contributed by atoms with Crippen molar-refractivity contribution in [3.8, 4) is 0 Å². The van der Waals surface area contributed by atoms with Gasteiger partial charge in [0.25, 0.3) is 0 Å². The van der Waals surface area contributed by atoms with Crippen LogP contribution in [0.25, 0.3) is 0 Å². The van der Waals surface area contributed by atoms with Gasteiger partial charge in [-0.2, -0.15) is 0 Å². The van der Waals surface area contributed by atoms with Crippen molar-refractivity contribution in [1.82, 2.24) is 0 Å². The van der Waals surface area contributed by atoms with E-state index < -0.39 is 17.7 Å². The molecule has 0 spiro atoms. The van der Waals surface area contributed by atoms with E-state index in [1.165, 1.54) is 6.07 Å². The third-order valence-electron chi connectivity index (χ3n) is 3.29. The predicted molar refractivity (Wildman–Crippen MR) is 71.1 cm³/mol. The minimum Gasteiger partial charge on any atom is -0.384 e. The first-order chi connectivity index (χ1) is 8.90. The zero-order valence-electron chi connectivity index (χ0n) is 11.2. The molecule has 0 fully saturated rings. The molecule has 3 heteroatoms. The van der Waals surface area contributed by atoms with Gasteiger partial charge in [0.2, 0.25) is 0 Å². The lowest BCUT2D eigenvalue weighted by Gasteiger charge is -2.16. The quantitative estimate of drug-likeness (QED) is 0.868. The van der Waals surface area contributed by atoms with Gasteiger partial charge in [-0.3, -0.25) is 0 Å². The highest BCUT2D eigenvalue weighted by atomic mass is 19.1. The third-order valence-corrected chi connectivity index (χ3v) is 3.29. The predicted octanol–water partition coefficient (Wildman–Crippen LogP) is 3.97. The Bertz CT molecular complexity index is 620. The molecule has 0 saturated carbocycles. The topological polar surface area (TPSA) is 20.2 Å². The monoisotopic (exact) mass is 262 g/mol. The lowest BCUT2D eigenvalue weighted by atomic mass is 9.95. The van der Waals surface area contributed by atoms with E-state index in [0.717, 1.165) is 17.2 Å². The molecule has 0 aliphatic heterocycles. The van der Waals surface area contributed by atoms with Crippen LogP contribution in [-0.4, -0.2) is 5.11 Å². The van der Waals surface area contributed by atoms with Gasteiger partial charge in [0.1, 0.15) is 17.7 Å². The Morgan fingerprint density at radius 2 is 1.53 bits per heavy atom. The number of aliphatic hydroxyl groups is 1. The molecule has 0 saturated heterocycles. The Kier molecular flexibility index (Phi) is 3.67. The van der Waals surface area contributed by atoms with Crippen molar-refractivity contribution < 1.29 is 13.9 Å². The molecule has 1 N–H and O–H groups in total. The summed E-state index contributed by atoms with van der Waals surface area (Å²) in [6.45, 7) is 5.36. The summed E-state index contributed by atoms with van der Waals surface area (Å²) in [5.74, 6) is -1.33. The molecule has 100 valence electrons. The SMILES string of the molecule is Cc1ccc(C(O)c2cc(C)c(F)cc2F)c(C)c1. The minimum atomic E-state index is -1.08. The van der Waals surface area contributed by atoms with E-state index in [2.05, 4.69) is 0 Å². The summed E-state index contributed by atoms with van der Waals surface area (Å²) >= 11 is 0. The summed E-state index contributed by atoms with van der Waals surface area (Å²) in [6, 6.07) is 7.73. The van der Waals surface area contributed by atoms with Gasteiger partial charge in [-0.15, -0.1) is 0 Å². The third kappa shape index (κ3) is 2.66. The Balaban J connectivity index is 2.49. The van der Waals surface area contributed by atoms with Gasteiger partial charge in [-0.05, 0) is 43.5 Å². The molecule has 0 aliphatic rings.